The van der Waals surface area contributed by atoms with Gasteiger partial charge in [-0.05, 0) is 38.8 Å². The molecule has 0 saturated carbocycles. The normalized spacial score (nSPS) is 17.3. The van der Waals surface area contributed by atoms with E-state index in [0.717, 1.165) is 25.1 Å². The van der Waals surface area contributed by atoms with Crippen LogP contribution in [0.2, 0.25) is 5.02 Å². The van der Waals surface area contributed by atoms with Crippen LogP contribution in [-0.4, -0.2) is 27.6 Å². The molecule has 1 aliphatic rings. The minimum atomic E-state index is -4.67. The van der Waals surface area contributed by atoms with Crippen molar-refractivity contribution < 1.29 is 22.7 Å². The molecule has 152 valence electrons. The van der Waals surface area contributed by atoms with E-state index in [4.69, 9.17) is 16.3 Å². The number of halogens is 4. The molecule has 0 aliphatic carbocycles. The number of alkyl halides is 3. The van der Waals surface area contributed by atoms with E-state index in [1.54, 1.807) is 13.0 Å². The number of carbonyl (C=O) groups excluding carboxylic acids is 1. The number of aromatic nitrogens is 2. The first-order valence-electron chi connectivity index (χ1n) is 8.86. The molecule has 0 N–H and O–H groups in total. The van der Waals surface area contributed by atoms with Crippen molar-refractivity contribution in [1.82, 2.24) is 9.13 Å². The van der Waals surface area contributed by atoms with Gasteiger partial charge in [-0.3, -0.25) is 9.59 Å². The second-order valence-corrected chi connectivity index (χ2v) is 7.37. The molecule has 2 aromatic rings. The van der Waals surface area contributed by atoms with Gasteiger partial charge in [0.1, 0.15) is 5.02 Å². The summed E-state index contributed by atoms with van der Waals surface area (Å²) in [5, 5.41) is -0.577. The number of aryl methyl sites for hydroxylation is 1. The van der Waals surface area contributed by atoms with Crippen LogP contribution in [-0.2, 0) is 24.0 Å². The third kappa shape index (κ3) is 4.17. The van der Waals surface area contributed by atoms with Crippen LogP contribution in [0.15, 0.2) is 23.1 Å². The molecule has 0 spiro atoms. The van der Waals surface area contributed by atoms with Crippen LogP contribution in [0.1, 0.15) is 40.2 Å². The van der Waals surface area contributed by atoms with Gasteiger partial charge in [-0.2, -0.15) is 13.2 Å². The molecule has 0 aromatic carbocycles. The lowest BCUT2D eigenvalue weighted by molar-refractivity contribution is -0.138. The highest BCUT2D eigenvalue weighted by Crippen LogP contribution is 2.29. The zero-order chi connectivity index (χ0) is 20.6. The summed E-state index contributed by atoms with van der Waals surface area (Å²) < 4.78 is 47.2. The predicted molar refractivity (Wildman–Crippen MR) is 97.9 cm³/mol. The maximum atomic E-state index is 13.0. The molecule has 9 heteroatoms. The van der Waals surface area contributed by atoms with E-state index >= 15 is 0 Å². The van der Waals surface area contributed by atoms with E-state index in [9.17, 15) is 22.8 Å². The van der Waals surface area contributed by atoms with Crippen LogP contribution >= 0.6 is 11.6 Å². The lowest BCUT2D eigenvalue weighted by atomic mass is 10.1. The first-order chi connectivity index (χ1) is 13.1. The Morgan fingerprint density at radius 2 is 2.04 bits per heavy atom. The number of pyridine rings is 1. The number of ether oxygens (including phenoxy) is 1. The van der Waals surface area contributed by atoms with Crippen LogP contribution < -0.4 is 5.56 Å². The maximum absolute atomic E-state index is 13.0. The summed E-state index contributed by atoms with van der Waals surface area (Å²) in [6.07, 6.45) is -2.03. The third-order valence-corrected chi connectivity index (χ3v) is 5.24. The monoisotopic (exact) mass is 416 g/mol. The van der Waals surface area contributed by atoms with Crippen molar-refractivity contribution in [1.29, 1.82) is 0 Å². The Hall–Kier alpha value is -2.06. The molecule has 2 aromatic heterocycles. The third-order valence-electron chi connectivity index (χ3n) is 4.97. The summed E-state index contributed by atoms with van der Waals surface area (Å²) in [7, 11) is 0. The predicted octanol–water partition coefficient (Wildman–Crippen LogP) is 4.00. The Morgan fingerprint density at radius 1 is 1.32 bits per heavy atom. The molecule has 0 amide bonds. The van der Waals surface area contributed by atoms with Crippen LogP contribution in [0.3, 0.4) is 0 Å². The summed E-state index contributed by atoms with van der Waals surface area (Å²) in [4.78, 5) is 24.8. The zero-order valence-electron chi connectivity index (χ0n) is 15.5. The van der Waals surface area contributed by atoms with Gasteiger partial charge >= 0.3 is 6.18 Å². The largest absolute Gasteiger partial charge is 0.417 e. The average molecular weight is 417 g/mol. The zero-order valence-corrected chi connectivity index (χ0v) is 16.2. The molecule has 3 heterocycles. The van der Waals surface area contributed by atoms with Crippen molar-refractivity contribution in [2.45, 2.75) is 52.1 Å². The Bertz CT molecular complexity index is 957. The van der Waals surface area contributed by atoms with Crippen molar-refractivity contribution in [2.24, 2.45) is 0 Å². The van der Waals surface area contributed by atoms with E-state index in [2.05, 4.69) is 0 Å². The second kappa shape index (κ2) is 7.75. The number of hydrogen-bond acceptors (Lipinski definition) is 3. The highest BCUT2D eigenvalue weighted by atomic mass is 35.5. The fourth-order valence-electron chi connectivity index (χ4n) is 3.47. The smallest absolute Gasteiger partial charge is 0.376 e. The summed E-state index contributed by atoms with van der Waals surface area (Å²) in [5.74, 6) is -0.454. The molecular formula is C19H20ClF3N2O3. The minimum absolute atomic E-state index is 0.0812. The van der Waals surface area contributed by atoms with Gasteiger partial charge in [0, 0.05) is 36.3 Å². The van der Waals surface area contributed by atoms with Crippen molar-refractivity contribution in [3.05, 3.63) is 56.2 Å². The van der Waals surface area contributed by atoms with Gasteiger partial charge in [0.05, 0.1) is 18.2 Å². The summed E-state index contributed by atoms with van der Waals surface area (Å²) in [6.45, 7) is 4.44. The first-order valence-corrected chi connectivity index (χ1v) is 9.24. The van der Waals surface area contributed by atoms with E-state index < -0.39 is 34.6 Å². The Kier molecular flexibility index (Phi) is 5.72. The number of Topliss-reactive ketones (excluding diaryl/α,β-unsaturated/α-hetero) is 1. The fourth-order valence-corrected chi connectivity index (χ4v) is 3.69. The lowest BCUT2D eigenvalue weighted by Crippen LogP contribution is -2.26. The molecule has 28 heavy (non-hydrogen) atoms. The van der Waals surface area contributed by atoms with Gasteiger partial charge < -0.3 is 13.9 Å². The Labute approximate surface area is 164 Å². The van der Waals surface area contributed by atoms with Gasteiger partial charge in [0.25, 0.3) is 5.56 Å². The van der Waals surface area contributed by atoms with Gasteiger partial charge in [0.2, 0.25) is 0 Å². The number of nitrogens with zero attached hydrogens (tertiary/aromatic N) is 2. The number of ketones is 1. The minimum Gasteiger partial charge on any atom is -0.376 e. The molecule has 1 atom stereocenters. The highest BCUT2D eigenvalue weighted by molar-refractivity contribution is 6.30. The van der Waals surface area contributed by atoms with Crippen LogP contribution in [0.5, 0.6) is 0 Å². The van der Waals surface area contributed by atoms with Gasteiger partial charge in [0.15, 0.2) is 5.78 Å². The number of carbonyl (C=O) groups is 1. The molecule has 0 radical (unpaired) electrons. The van der Waals surface area contributed by atoms with Crippen molar-refractivity contribution in [3.63, 3.8) is 0 Å². The van der Waals surface area contributed by atoms with Crippen LogP contribution in [0, 0.1) is 13.8 Å². The molecule has 1 fully saturated rings. The molecule has 3 rings (SSSR count). The SMILES string of the molecule is Cc1cc(C(=O)Cn2cc(C(F)(F)F)cc(Cl)c2=O)c(C)n1CC1CCCO1. The summed E-state index contributed by atoms with van der Waals surface area (Å²) in [5.41, 5.74) is 0.00996. The van der Waals surface area contributed by atoms with Gasteiger partial charge in [-0.15, -0.1) is 0 Å². The second-order valence-electron chi connectivity index (χ2n) is 6.96. The number of hydrogen-bond donors (Lipinski definition) is 0. The molecule has 1 unspecified atom stereocenters. The van der Waals surface area contributed by atoms with Gasteiger partial charge in [-0.1, -0.05) is 11.6 Å². The summed E-state index contributed by atoms with van der Waals surface area (Å²) in [6, 6.07) is 2.26. The molecule has 5 nitrogen and oxygen atoms in total. The van der Waals surface area contributed by atoms with Crippen molar-refractivity contribution in [3.8, 4) is 0 Å². The van der Waals surface area contributed by atoms with Gasteiger partial charge in [-0.25, -0.2) is 0 Å². The van der Waals surface area contributed by atoms with Crippen molar-refractivity contribution in [2.75, 3.05) is 6.61 Å². The molecule has 0 bridgehead atoms. The number of rotatable bonds is 5. The van der Waals surface area contributed by atoms with E-state index in [1.807, 2.05) is 11.5 Å². The van der Waals surface area contributed by atoms with Crippen molar-refractivity contribution >= 4 is 17.4 Å². The fraction of sp³-hybridized carbons (Fsp3) is 0.474. The molecule has 1 saturated heterocycles. The van der Waals surface area contributed by atoms with Crippen LogP contribution in [0.25, 0.3) is 0 Å². The maximum Gasteiger partial charge on any atom is 0.417 e. The Morgan fingerprint density at radius 3 is 2.64 bits per heavy atom. The lowest BCUT2D eigenvalue weighted by Gasteiger charge is -2.15. The Balaban J connectivity index is 1.88. The standard InChI is InChI=1S/C19H20ClF3N2O3/c1-11-6-15(12(2)25(11)9-14-4-3-5-28-14)17(26)10-24-8-13(19(21,22)23)7-16(20)18(24)27/h6-8,14H,3-5,9-10H2,1-2H3. The summed E-state index contributed by atoms with van der Waals surface area (Å²) >= 11 is 5.65. The van der Waals surface area contributed by atoms with Crippen LogP contribution in [0.4, 0.5) is 13.2 Å². The van der Waals surface area contributed by atoms with E-state index in [-0.39, 0.29) is 6.10 Å². The molecule has 1 aliphatic heterocycles. The topological polar surface area (TPSA) is 53.2 Å². The highest BCUT2D eigenvalue weighted by Gasteiger charge is 2.32. The quantitative estimate of drug-likeness (QED) is 0.692. The van der Waals surface area contributed by atoms with E-state index in [0.29, 0.717) is 34.6 Å². The van der Waals surface area contributed by atoms with E-state index in [1.165, 1.54) is 0 Å². The molecular weight excluding hydrogens is 397 g/mol. The first kappa shape index (κ1) is 20.7. The average Bonchev–Trinajstić information content (AvgIpc) is 3.21.